The Morgan fingerprint density at radius 2 is 1.95 bits per heavy atom. The van der Waals surface area contributed by atoms with Crippen molar-refractivity contribution >= 4 is 11.9 Å². The van der Waals surface area contributed by atoms with Crippen molar-refractivity contribution in [3.63, 3.8) is 0 Å². The fourth-order valence-corrected chi connectivity index (χ4v) is 2.57. The summed E-state index contributed by atoms with van der Waals surface area (Å²) >= 11 is 0. The van der Waals surface area contributed by atoms with E-state index >= 15 is 0 Å². The summed E-state index contributed by atoms with van der Waals surface area (Å²) in [6, 6.07) is 0. The number of hydrogen-bond donors (Lipinski definition) is 2. The summed E-state index contributed by atoms with van der Waals surface area (Å²) in [7, 11) is 2.97. The molecule has 1 rings (SSSR count). The minimum absolute atomic E-state index is 0.0585. The number of methoxy groups -OCH3 is 2. The second kappa shape index (κ2) is 6.67. The minimum Gasteiger partial charge on any atom is -0.481 e. The molecule has 0 aliphatic heterocycles. The van der Waals surface area contributed by atoms with Gasteiger partial charge in [-0.3, -0.25) is 4.79 Å². The zero-order valence-corrected chi connectivity index (χ0v) is 11.9. The molecule has 6 nitrogen and oxygen atoms in total. The van der Waals surface area contributed by atoms with Gasteiger partial charge in [0.2, 0.25) is 0 Å². The minimum atomic E-state index is -1.28. The molecule has 1 aliphatic rings. The zero-order chi connectivity index (χ0) is 15.3. The number of ether oxygens (including phenoxy) is 2. The monoisotopic (exact) mass is 284 g/mol. The Morgan fingerprint density at radius 3 is 2.40 bits per heavy atom. The predicted molar refractivity (Wildman–Crippen MR) is 71.5 cm³/mol. The summed E-state index contributed by atoms with van der Waals surface area (Å²) in [5, 5.41) is 18.8. The summed E-state index contributed by atoms with van der Waals surface area (Å²) < 4.78 is 10.1. The van der Waals surface area contributed by atoms with Crippen LogP contribution >= 0.6 is 0 Å². The van der Waals surface area contributed by atoms with Crippen LogP contribution in [0.2, 0.25) is 0 Å². The highest BCUT2D eigenvalue weighted by molar-refractivity contribution is 5.91. The van der Waals surface area contributed by atoms with Gasteiger partial charge in [0, 0.05) is 26.4 Å². The van der Waals surface area contributed by atoms with Gasteiger partial charge in [-0.05, 0) is 37.0 Å². The first-order chi connectivity index (χ1) is 9.39. The molecule has 0 spiro atoms. The van der Waals surface area contributed by atoms with E-state index in [9.17, 15) is 14.7 Å². The number of carboxylic acids is 2. The Balaban J connectivity index is 3.34. The first-order valence-electron chi connectivity index (χ1n) is 6.24. The van der Waals surface area contributed by atoms with Gasteiger partial charge in [0.25, 0.3) is 0 Å². The first-order valence-corrected chi connectivity index (χ1v) is 6.24. The van der Waals surface area contributed by atoms with Crippen LogP contribution < -0.4 is 0 Å². The van der Waals surface area contributed by atoms with E-state index in [4.69, 9.17) is 14.6 Å². The summed E-state index contributed by atoms with van der Waals surface area (Å²) in [6.07, 6.45) is 1.67. The van der Waals surface area contributed by atoms with Gasteiger partial charge in [-0.25, -0.2) is 4.79 Å². The quantitative estimate of drug-likeness (QED) is 0.735. The van der Waals surface area contributed by atoms with Crippen molar-refractivity contribution in [2.24, 2.45) is 5.41 Å². The molecule has 1 atom stereocenters. The molecular weight excluding hydrogens is 264 g/mol. The van der Waals surface area contributed by atoms with Gasteiger partial charge in [-0.15, -0.1) is 0 Å². The van der Waals surface area contributed by atoms with Crippen LogP contribution in [0.3, 0.4) is 0 Å². The lowest BCUT2D eigenvalue weighted by Crippen LogP contribution is -2.39. The smallest absolute Gasteiger partial charge is 0.331 e. The Hall–Kier alpha value is -1.66. The average molecular weight is 284 g/mol. The first kappa shape index (κ1) is 16.4. The van der Waals surface area contributed by atoms with Gasteiger partial charge < -0.3 is 19.7 Å². The summed E-state index contributed by atoms with van der Waals surface area (Å²) in [5.41, 5.74) is 0.0582. The standard InChI is InChI=1S/C14H20O6/c1-9-6-10(12(15)16)7-14(13(17)18,4-5-19-2)11(9)8-20-3/h6H,4-5,7-8H2,1-3H3,(H,15,16)(H,17,18). The molecule has 0 saturated heterocycles. The number of allylic oxidation sites excluding steroid dienone is 2. The number of rotatable bonds is 7. The predicted octanol–water partition coefficient (Wildman–Crippen LogP) is 1.47. The van der Waals surface area contributed by atoms with Crippen molar-refractivity contribution in [1.29, 1.82) is 0 Å². The van der Waals surface area contributed by atoms with Crippen molar-refractivity contribution in [3.8, 4) is 0 Å². The van der Waals surface area contributed by atoms with E-state index < -0.39 is 17.4 Å². The number of aliphatic carboxylic acids is 2. The van der Waals surface area contributed by atoms with Crippen LogP contribution in [-0.2, 0) is 19.1 Å². The van der Waals surface area contributed by atoms with Gasteiger partial charge in [0.15, 0.2) is 0 Å². The van der Waals surface area contributed by atoms with E-state index in [2.05, 4.69) is 0 Å². The maximum atomic E-state index is 11.8. The molecule has 0 radical (unpaired) electrons. The lowest BCUT2D eigenvalue weighted by Gasteiger charge is -2.36. The van der Waals surface area contributed by atoms with E-state index in [1.807, 2.05) is 0 Å². The molecule has 0 aromatic rings. The van der Waals surface area contributed by atoms with Crippen molar-refractivity contribution in [3.05, 3.63) is 22.8 Å². The third kappa shape index (κ3) is 3.08. The zero-order valence-electron chi connectivity index (χ0n) is 11.9. The van der Waals surface area contributed by atoms with Crippen molar-refractivity contribution in [1.82, 2.24) is 0 Å². The molecule has 0 fully saturated rings. The largest absolute Gasteiger partial charge is 0.481 e. The summed E-state index contributed by atoms with van der Waals surface area (Å²) in [4.78, 5) is 23.0. The number of carbonyl (C=O) groups is 2. The SMILES string of the molecule is COCCC1(C(=O)O)CC(C(=O)O)=CC(C)=C1COC. The van der Waals surface area contributed by atoms with Crippen molar-refractivity contribution < 1.29 is 29.3 Å². The Morgan fingerprint density at radius 1 is 1.30 bits per heavy atom. The second-order valence-corrected chi connectivity index (χ2v) is 4.88. The fourth-order valence-electron chi connectivity index (χ4n) is 2.57. The molecule has 0 aromatic heterocycles. The van der Waals surface area contributed by atoms with Gasteiger partial charge in [-0.1, -0.05) is 0 Å². The summed E-state index contributed by atoms with van der Waals surface area (Å²) in [5.74, 6) is -2.14. The van der Waals surface area contributed by atoms with Crippen LogP contribution in [0.1, 0.15) is 19.8 Å². The molecule has 112 valence electrons. The molecule has 6 heteroatoms. The molecule has 1 unspecified atom stereocenters. The van der Waals surface area contributed by atoms with Crippen molar-refractivity contribution in [2.45, 2.75) is 19.8 Å². The highest BCUT2D eigenvalue weighted by Crippen LogP contribution is 2.44. The number of carboxylic acid groups (broad SMARTS) is 2. The van der Waals surface area contributed by atoms with Gasteiger partial charge in [0.1, 0.15) is 0 Å². The highest BCUT2D eigenvalue weighted by Gasteiger charge is 2.46. The maximum absolute atomic E-state index is 11.8. The normalized spacial score (nSPS) is 22.6. The lowest BCUT2D eigenvalue weighted by atomic mass is 9.68. The molecule has 0 heterocycles. The van der Waals surface area contributed by atoms with Crippen LogP contribution in [-0.4, -0.2) is 49.6 Å². The van der Waals surface area contributed by atoms with Crippen LogP contribution in [0.15, 0.2) is 22.8 Å². The molecule has 0 aromatic carbocycles. The Bertz CT molecular complexity index is 462. The van der Waals surface area contributed by atoms with Gasteiger partial charge >= 0.3 is 11.9 Å². The molecule has 0 saturated carbocycles. The second-order valence-electron chi connectivity index (χ2n) is 4.88. The van der Waals surface area contributed by atoms with E-state index in [0.717, 1.165) is 0 Å². The lowest BCUT2D eigenvalue weighted by molar-refractivity contribution is -0.148. The van der Waals surface area contributed by atoms with E-state index in [0.29, 0.717) is 11.1 Å². The van der Waals surface area contributed by atoms with Crippen LogP contribution in [0.5, 0.6) is 0 Å². The van der Waals surface area contributed by atoms with Gasteiger partial charge in [-0.2, -0.15) is 0 Å². The number of hydrogen-bond acceptors (Lipinski definition) is 4. The Labute approximate surface area is 117 Å². The molecule has 0 amide bonds. The Kier molecular flexibility index (Phi) is 5.47. The molecule has 2 N–H and O–H groups in total. The van der Waals surface area contributed by atoms with Gasteiger partial charge in [0.05, 0.1) is 12.0 Å². The third-order valence-corrected chi connectivity index (χ3v) is 3.64. The topological polar surface area (TPSA) is 93.1 Å². The average Bonchev–Trinajstić information content (AvgIpc) is 2.38. The molecule has 1 aliphatic carbocycles. The van der Waals surface area contributed by atoms with E-state index in [1.54, 1.807) is 6.92 Å². The highest BCUT2D eigenvalue weighted by atomic mass is 16.5. The van der Waals surface area contributed by atoms with E-state index in [1.165, 1.54) is 20.3 Å². The fraction of sp³-hybridized carbons (Fsp3) is 0.571. The van der Waals surface area contributed by atoms with E-state index in [-0.39, 0.29) is 31.6 Å². The summed E-state index contributed by atoms with van der Waals surface area (Å²) in [6.45, 7) is 2.10. The molecular formula is C14H20O6. The third-order valence-electron chi connectivity index (χ3n) is 3.64. The van der Waals surface area contributed by atoms with Crippen LogP contribution in [0.25, 0.3) is 0 Å². The van der Waals surface area contributed by atoms with Crippen LogP contribution in [0.4, 0.5) is 0 Å². The molecule has 20 heavy (non-hydrogen) atoms. The van der Waals surface area contributed by atoms with Crippen molar-refractivity contribution in [2.75, 3.05) is 27.4 Å². The van der Waals surface area contributed by atoms with Crippen LogP contribution in [0, 0.1) is 5.41 Å². The maximum Gasteiger partial charge on any atom is 0.331 e. The molecule has 0 bridgehead atoms.